The maximum atomic E-state index is 12.8. The van der Waals surface area contributed by atoms with Crippen molar-refractivity contribution in [2.24, 2.45) is 11.8 Å². The molecule has 0 aliphatic rings. The van der Waals surface area contributed by atoms with Gasteiger partial charge in [-0.3, -0.25) is 24.8 Å². The van der Waals surface area contributed by atoms with Gasteiger partial charge in [-0.1, -0.05) is 37.8 Å². The first-order valence-electron chi connectivity index (χ1n) is 12.2. The fourth-order valence-corrected chi connectivity index (χ4v) is 4.05. The highest BCUT2D eigenvalue weighted by Crippen LogP contribution is 2.24. The number of nitrogens with one attached hydrogen (secondary N) is 1. The zero-order valence-electron chi connectivity index (χ0n) is 21.5. The van der Waals surface area contributed by atoms with E-state index in [1.807, 2.05) is 38.1 Å². The van der Waals surface area contributed by atoms with Gasteiger partial charge >= 0.3 is 5.97 Å². The van der Waals surface area contributed by atoms with Gasteiger partial charge < -0.3 is 10.0 Å². The molecule has 0 atom stereocenters. The van der Waals surface area contributed by atoms with Crippen LogP contribution in [0, 0.1) is 17.8 Å². The third kappa shape index (κ3) is 6.63. The summed E-state index contributed by atoms with van der Waals surface area (Å²) in [6.07, 6.45) is 3.19. The van der Waals surface area contributed by atoms with Crippen LogP contribution < -0.4 is 11.3 Å². The molecular formula is C30H27N5O4. The Bertz CT molecular complexity index is 1590. The zero-order chi connectivity index (χ0) is 27.9. The normalized spacial score (nSPS) is 10.6. The van der Waals surface area contributed by atoms with E-state index in [0.717, 1.165) is 11.1 Å². The van der Waals surface area contributed by atoms with Crippen LogP contribution in [-0.2, 0) is 4.79 Å². The zero-order valence-corrected chi connectivity index (χ0v) is 21.5. The minimum Gasteiger partial charge on any atom is -0.480 e. The molecule has 2 amide bonds. The maximum absolute atomic E-state index is 12.8. The number of nitrogen functional groups attached to an aromatic ring is 1. The van der Waals surface area contributed by atoms with Gasteiger partial charge in [0.15, 0.2) is 0 Å². The van der Waals surface area contributed by atoms with Gasteiger partial charge in [0.25, 0.3) is 11.8 Å². The van der Waals surface area contributed by atoms with E-state index in [-0.39, 0.29) is 18.4 Å². The molecule has 0 aliphatic carbocycles. The van der Waals surface area contributed by atoms with Gasteiger partial charge in [0.1, 0.15) is 6.54 Å². The summed E-state index contributed by atoms with van der Waals surface area (Å²) in [5.41, 5.74) is 6.49. The van der Waals surface area contributed by atoms with Crippen LogP contribution in [0.5, 0.6) is 0 Å². The quantitative estimate of drug-likeness (QED) is 0.146. The van der Waals surface area contributed by atoms with Gasteiger partial charge in [-0.15, -0.1) is 0 Å². The lowest BCUT2D eigenvalue weighted by atomic mass is 10.0. The van der Waals surface area contributed by atoms with E-state index in [9.17, 15) is 14.4 Å². The van der Waals surface area contributed by atoms with Gasteiger partial charge in [0.2, 0.25) is 0 Å². The Balaban J connectivity index is 1.52. The van der Waals surface area contributed by atoms with Crippen LogP contribution in [0.1, 0.15) is 45.7 Å². The number of hydrogen-bond acceptors (Lipinski definition) is 6. The van der Waals surface area contributed by atoms with Crippen LogP contribution >= 0.6 is 0 Å². The molecule has 0 saturated carbocycles. The van der Waals surface area contributed by atoms with Crippen LogP contribution in [0.3, 0.4) is 0 Å². The fraction of sp³-hybridized carbons (Fsp3) is 0.167. The third-order valence-corrected chi connectivity index (χ3v) is 5.85. The monoisotopic (exact) mass is 521 g/mol. The Morgan fingerprint density at radius 2 is 1.64 bits per heavy atom. The number of carbonyl (C=O) groups excluding carboxylic acids is 2. The van der Waals surface area contributed by atoms with Crippen molar-refractivity contribution in [3.8, 4) is 23.1 Å². The standard InChI is InChI=1S/C30H27N5O4/c1-19(2)17-35(18-28(36)37)30(39)23-11-7-21(8-12-23)4-3-20-5-9-22(10-6-20)27-15-24(29(38)34-31)25-16-32-14-13-26(25)33-27/h5-16,19H,17-18,31H2,1-2H3,(H,34,38)(H,36,37). The summed E-state index contributed by atoms with van der Waals surface area (Å²) < 4.78 is 0. The van der Waals surface area contributed by atoms with E-state index in [2.05, 4.69) is 27.2 Å². The number of rotatable bonds is 7. The highest BCUT2D eigenvalue weighted by atomic mass is 16.4. The number of carbonyl (C=O) groups is 3. The first kappa shape index (κ1) is 27.0. The second-order valence-corrected chi connectivity index (χ2v) is 9.30. The highest BCUT2D eigenvalue weighted by molar-refractivity contribution is 6.06. The van der Waals surface area contributed by atoms with Crippen molar-refractivity contribution in [3.05, 3.63) is 95.3 Å². The van der Waals surface area contributed by atoms with Gasteiger partial charge in [-0.05, 0) is 54.4 Å². The molecule has 2 aromatic carbocycles. The predicted octanol–water partition coefficient (Wildman–Crippen LogP) is 3.48. The van der Waals surface area contributed by atoms with Crippen LogP contribution in [0.25, 0.3) is 22.2 Å². The molecule has 2 aromatic heterocycles. The number of hydrazine groups is 1. The number of carboxylic acids is 1. The second kappa shape index (κ2) is 12.0. The lowest BCUT2D eigenvalue weighted by molar-refractivity contribution is -0.137. The topological polar surface area (TPSA) is 139 Å². The van der Waals surface area contributed by atoms with Crippen molar-refractivity contribution >= 4 is 28.7 Å². The number of nitrogens with zero attached hydrogens (tertiary/aromatic N) is 3. The summed E-state index contributed by atoms with van der Waals surface area (Å²) in [7, 11) is 0. The number of benzene rings is 2. The number of pyridine rings is 2. The van der Waals surface area contributed by atoms with Crippen molar-refractivity contribution in [3.63, 3.8) is 0 Å². The first-order chi connectivity index (χ1) is 18.7. The maximum Gasteiger partial charge on any atom is 0.323 e. The molecule has 196 valence electrons. The van der Waals surface area contributed by atoms with E-state index in [0.29, 0.717) is 39.8 Å². The highest BCUT2D eigenvalue weighted by Gasteiger charge is 2.19. The molecule has 4 aromatic rings. The van der Waals surface area contributed by atoms with Crippen molar-refractivity contribution in [1.29, 1.82) is 0 Å². The number of hydrogen-bond donors (Lipinski definition) is 3. The van der Waals surface area contributed by atoms with E-state index >= 15 is 0 Å². The summed E-state index contributed by atoms with van der Waals surface area (Å²) in [6.45, 7) is 3.88. The SMILES string of the molecule is CC(C)CN(CC(=O)O)C(=O)c1ccc(C#Cc2ccc(-c3cc(C(=O)NN)c4cnccc4n3)cc2)cc1. The van der Waals surface area contributed by atoms with E-state index < -0.39 is 11.9 Å². The Hall–Kier alpha value is -5.07. The molecule has 0 spiro atoms. The molecule has 0 unspecified atom stereocenters. The van der Waals surface area contributed by atoms with Crippen LogP contribution in [0.2, 0.25) is 0 Å². The Kier molecular flexibility index (Phi) is 8.29. The first-order valence-corrected chi connectivity index (χ1v) is 12.2. The number of aromatic nitrogens is 2. The summed E-state index contributed by atoms with van der Waals surface area (Å²) in [6, 6.07) is 17.7. The van der Waals surface area contributed by atoms with Gasteiger partial charge in [-0.25, -0.2) is 10.8 Å². The molecule has 0 fully saturated rings. The number of aliphatic carboxylic acids is 1. The van der Waals surface area contributed by atoms with Crippen molar-refractivity contribution in [2.45, 2.75) is 13.8 Å². The summed E-state index contributed by atoms with van der Waals surface area (Å²) >= 11 is 0. The lowest BCUT2D eigenvalue weighted by Crippen LogP contribution is -2.38. The molecule has 2 heterocycles. The number of amides is 2. The number of carboxylic acid groups (broad SMARTS) is 1. The van der Waals surface area contributed by atoms with Crippen molar-refractivity contribution in [1.82, 2.24) is 20.3 Å². The number of nitrogens with two attached hydrogens (primary N) is 1. The van der Waals surface area contributed by atoms with Gasteiger partial charge in [0.05, 0.1) is 16.8 Å². The van der Waals surface area contributed by atoms with E-state index in [4.69, 9.17) is 10.9 Å². The molecule has 0 radical (unpaired) electrons. The second-order valence-electron chi connectivity index (χ2n) is 9.30. The molecule has 0 bridgehead atoms. The minimum atomic E-state index is -1.05. The minimum absolute atomic E-state index is 0.145. The van der Waals surface area contributed by atoms with Gasteiger partial charge in [0, 0.05) is 46.6 Å². The summed E-state index contributed by atoms with van der Waals surface area (Å²) in [5, 5.41) is 9.75. The molecule has 4 N–H and O–H groups in total. The molecule has 0 saturated heterocycles. The molecular weight excluding hydrogens is 494 g/mol. The molecule has 0 aliphatic heterocycles. The van der Waals surface area contributed by atoms with E-state index in [1.54, 1.807) is 48.8 Å². The van der Waals surface area contributed by atoms with Crippen molar-refractivity contribution < 1.29 is 19.5 Å². The Morgan fingerprint density at radius 3 is 2.23 bits per heavy atom. The Labute approximate surface area is 225 Å². The summed E-state index contributed by atoms with van der Waals surface area (Å²) in [5.74, 6) is 9.88. The summed E-state index contributed by atoms with van der Waals surface area (Å²) in [4.78, 5) is 46.3. The smallest absolute Gasteiger partial charge is 0.323 e. The van der Waals surface area contributed by atoms with Gasteiger partial charge in [-0.2, -0.15) is 0 Å². The van der Waals surface area contributed by atoms with Crippen LogP contribution in [-0.4, -0.2) is 50.8 Å². The molecule has 39 heavy (non-hydrogen) atoms. The molecule has 9 heteroatoms. The molecule has 9 nitrogen and oxygen atoms in total. The van der Waals surface area contributed by atoms with Crippen LogP contribution in [0.4, 0.5) is 0 Å². The number of fused-ring (bicyclic) bond motifs is 1. The van der Waals surface area contributed by atoms with Crippen LogP contribution in [0.15, 0.2) is 73.1 Å². The average Bonchev–Trinajstić information content (AvgIpc) is 2.94. The average molecular weight is 522 g/mol. The fourth-order valence-electron chi connectivity index (χ4n) is 4.05. The largest absolute Gasteiger partial charge is 0.480 e. The van der Waals surface area contributed by atoms with E-state index in [1.165, 1.54) is 4.90 Å². The van der Waals surface area contributed by atoms with Crippen molar-refractivity contribution in [2.75, 3.05) is 13.1 Å². The molecule has 4 rings (SSSR count). The third-order valence-electron chi connectivity index (χ3n) is 5.85. The Morgan fingerprint density at radius 1 is 1.00 bits per heavy atom. The predicted molar refractivity (Wildman–Crippen MR) is 147 cm³/mol. The lowest BCUT2D eigenvalue weighted by Gasteiger charge is -2.22.